The minimum absolute atomic E-state index is 0.0839. The molecule has 0 aliphatic heterocycles. The third-order valence-electron chi connectivity index (χ3n) is 4.34. The molecule has 0 radical (unpaired) electrons. The van der Waals surface area contributed by atoms with Crippen LogP contribution in [0, 0.1) is 0 Å². The van der Waals surface area contributed by atoms with Gasteiger partial charge in [0.2, 0.25) is 0 Å². The second kappa shape index (κ2) is 10.0. The van der Waals surface area contributed by atoms with Crippen LogP contribution in [-0.2, 0) is 21.2 Å². The van der Waals surface area contributed by atoms with Gasteiger partial charge in [-0.05, 0) is 60.5 Å². The van der Waals surface area contributed by atoms with E-state index in [0.717, 1.165) is 5.56 Å². The number of carbonyl (C=O) groups excluding carboxylic acids is 1. The number of aryl methyl sites for hydroxylation is 1. The van der Waals surface area contributed by atoms with Crippen LogP contribution < -0.4 is 14.8 Å². The molecule has 0 heterocycles. The van der Waals surface area contributed by atoms with Crippen LogP contribution in [0.2, 0.25) is 10.0 Å². The Labute approximate surface area is 191 Å². The van der Waals surface area contributed by atoms with Crippen LogP contribution in [0.4, 0.5) is 11.4 Å². The second-order valence-corrected chi connectivity index (χ2v) is 9.08. The molecule has 0 spiro atoms. The number of benzene rings is 3. The summed E-state index contributed by atoms with van der Waals surface area (Å²) in [6.07, 6.45) is 0.701. The van der Waals surface area contributed by atoms with Gasteiger partial charge in [-0.3, -0.25) is 9.52 Å². The highest BCUT2D eigenvalue weighted by Gasteiger charge is 2.16. The van der Waals surface area contributed by atoms with Crippen molar-refractivity contribution >= 4 is 50.5 Å². The van der Waals surface area contributed by atoms with Crippen LogP contribution in [0.25, 0.3) is 0 Å². The molecule has 31 heavy (non-hydrogen) atoms. The highest BCUT2D eigenvalue weighted by Crippen LogP contribution is 2.27. The zero-order valence-electron chi connectivity index (χ0n) is 16.6. The number of amides is 1. The van der Waals surface area contributed by atoms with Crippen molar-refractivity contribution < 1.29 is 17.9 Å². The first-order chi connectivity index (χ1) is 14.8. The van der Waals surface area contributed by atoms with Gasteiger partial charge in [0.15, 0.2) is 6.61 Å². The Morgan fingerprint density at radius 1 is 1.00 bits per heavy atom. The van der Waals surface area contributed by atoms with Gasteiger partial charge in [-0.2, -0.15) is 0 Å². The van der Waals surface area contributed by atoms with Gasteiger partial charge in [0.05, 0.1) is 15.6 Å². The molecule has 0 bridgehead atoms. The van der Waals surface area contributed by atoms with Gasteiger partial charge in [0.1, 0.15) is 5.75 Å². The molecule has 1 amide bonds. The minimum atomic E-state index is -3.76. The van der Waals surface area contributed by atoms with Crippen LogP contribution in [-0.4, -0.2) is 20.9 Å². The summed E-state index contributed by atoms with van der Waals surface area (Å²) in [5.41, 5.74) is 1.87. The lowest BCUT2D eigenvalue weighted by molar-refractivity contribution is -0.118. The van der Waals surface area contributed by atoms with Crippen molar-refractivity contribution in [2.24, 2.45) is 0 Å². The van der Waals surface area contributed by atoms with E-state index in [1.165, 1.54) is 30.3 Å². The lowest BCUT2D eigenvalue weighted by Gasteiger charge is -2.12. The van der Waals surface area contributed by atoms with E-state index in [-0.39, 0.29) is 11.5 Å². The van der Waals surface area contributed by atoms with E-state index >= 15 is 0 Å². The largest absolute Gasteiger partial charge is 0.482 e. The maximum atomic E-state index is 12.7. The fraction of sp³-hybridized carbons (Fsp3) is 0.136. The van der Waals surface area contributed by atoms with Crippen molar-refractivity contribution in [1.82, 2.24) is 0 Å². The van der Waals surface area contributed by atoms with Gasteiger partial charge < -0.3 is 10.1 Å². The third-order valence-corrected chi connectivity index (χ3v) is 6.26. The maximum absolute atomic E-state index is 12.7. The molecule has 3 rings (SSSR count). The molecule has 6 nitrogen and oxygen atoms in total. The van der Waals surface area contributed by atoms with E-state index < -0.39 is 15.9 Å². The summed E-state index contributed by atoms with van der Waals surface area (Å²) < 4.78 is 33.3. The fourth-order valence-corrected chi connectivity index (χ4v) is 4.35. The first kappa shape index (κ1) is 22.9. The van der Waals surface area contributed by atoms with Gasteiger partial charge in [0, 0.05) is 10.7 Å². The van der Waals surface area contributed by atoms with Crippen molar-refractivity contribution in [2.45, 2.75) is 18.2 Å². The first-order valence-corrected chi connectivity index (χ1v) is 11.6. The summed E-state index contributed by atoms with van der Waals surface area (Å²) in [6, 6.07) is 17.8. The topological polar surface area (TPSA) is 84.5 Å². The van der Waals surface area contributed by atoms with Crippen molar-refractivity contribution in [3.05, 3.63) is 82.3 Å². The second-order valence-electron chi connectivity index (χ2n) is 6.55. The van der Waals surface area contributed by atoms with Crippen LogP contribution in [0.15, 0.2) is 71.6 Å². The molecule has 0 saturated heterocycles. The van der Waals surface area contributed by atoms with Gasteiger partial charge in [-0.1, -0.05) is 48.3 Å². The number of rotatable bonds is 8. The summed E-state index contributed by atoms with van der Waals surface area (Å²) in [5, 5.41) is 3.40. The first-order valence-electron chi connectivity index (χ1n) is 9.37. The quantitative estimate of drug-likeness (QED) is 0.455. The molecular formula is C22H20Cl2N2O4S. The van der Waals surface area contributed by atoms with E-state index in [9.17, 15) is 13.2 Å². The molecule has 0 aromatic heterocycles. The third kappa shape index (κ3) is 6.13. The molecule has 9 heteroatoms. The van der Waals surface area contributed by atoms with Gasteiger partial charge in [-0.25, -0.2) is 8.42 Å². The SMILES string of the molecule is CCc1ccccc1NS(=O)(=O)c1ccc(NC(=O)COc2ccc(Cl)cc2Cl)cc1. The number of anilines is 2. The number of para-hydroxylation sites is 1. The highest BCUT2D eigenvalue weighted by molar-refractivity contribution is 7.92. The smallest absolute Gasteiger partial charge is 0.262 e. The van der Waals surface area contributed by atoms with Crippen molar-refractivity contribution in [1.29, 1.82) is 0 Å². The Bertz CT molecular complexity index is 1180. The van der Waals surface area contributed by atoms with E-state index in [0.29, 0.717) is 33.6 Å². The molecule has 162 valence electrons. The predicted octanol–water partition coefficient (Wildman–Crippen LogP) is 5.37. The van der Waals surface area contributed by atoms with Gasteiger partial charge in [0.25, 0.3) is 15.9 Å². The van der Waals surface area contributed by atoms with Crippen molar-refractivity contribution in [2.75, 3.05) is 16.6 Å². The molecule has 0 unspecified atom stereocenters. The van der Waals surface area contributed by atoms with E-state index in [1.54, 1.807) is 24.3 Å². The molecule has 3 aromatic rings. The fourth-order valence-electron chi connectivity index (χ4n) is 2.78. The molecule has 0 fully saturated rings. The Balaban J connectivity index is 1.62. The maximum Gasteiger partial charge on any atom is 0.262 e. The van der Waals surface area contributed by atoms with Crippen molar-refractivity contribution in [3.63, 3.8) is 0 Å². The number of hydrogen-bond acceptors (Lipinski definition) is 4. The summed E-state index contributed by atoms with van der Waals surface area (Å²) in [7, 11) is -3.76. The molecule has 2 N–H and O–H groups in total. The van der Waals surface area contributed by atoms with Crippen LogP contribution >= 0.6 is 23.2 Å². The molecular weight excluding hydrogens is 459 g/mol. The normalized spacial score (nSPS) is 11.1. The zero-order valence-corrected chi connectivity index (χ0v) is 18.9. The van der Waals surface area contributed by atoms with Gasteiger partial charge in [-0.15, -0.1) is 0 Å². The average Bonchev–Trinajstić information content (AvgIpc) is 2.73. The van der Waals surface area contributed by atoms with E-state index in [2.05, 4.69) is 10.0 Å². The summed E-state index contributed by atoms with van der Waals surface area (Å²) >= 11 is 11.8. The predicted molar refractivity (Wildman–Crippen MR) is 124 cm³/mol. The van der Waals surface area contributed by atoms with Crippen LogP contribution in [0.1, 0.15) is 12.5 Å². The van der Waals surface area contributed by atoms with Crippen molar-refractivity contribution in [3.8, 4) is 5.75 Å². The van der Waals surface area contributed by atoms with E-state index in [1.807, 2.05) is 19.1 Å². The molecule has 0 aliphatic carbocycles. The van der Waals surface area contributed by atoms with E-state index in [4.69, 9.17) is 27.9 Å². The standard InChI is InChI=1S/C22H20Cl2N2O4S/c1-2-15-5-3-4-6-20(15)26-31(28,29)18-10-8-17(9-11-18)25-22(27)14-30-21-12-7-16(23)13-19(21)24/h3-13,26H,2,14H2,1H3,(H,25,27). The number of halogens is 2. The number of ether oxygens (including phenoxy) is 1. The average molecular weight is 479 g/mol. The summed E-state index contributed by atoms with van der Waals surface area (Å²) in [4.78, 5) is 12.2. The van der Waals surface area contributed by atoms with Gasteiger partial charge >= 0.3 is 0 Å². The zero-order chi connectivity index (χ0) is 22.4. The molecule has 0 saturated carbocycles. The van der Waals surface area contributed by atoms with Crippen LogP contribution in [0.3, 0.4) is 0 Å². The number of carbonyl (C=O) groups is 1. The lowest BCUT2D eigenvalue weighted by atomic mass is 10.1. The Morgan fingerprint density at radius 2 is 1.71 bits per heavy atom. The van der Waals surface area contributed by atoms with Crippen LogP contribution in [0.5, 0.6) is 5.75 Å². The summed E-state index contributed by atoms with van der Waals surface area (Å²) in [6.45, 7) is 1.69. The number of nitrogens with one attached hydrogen (secondary N) is 2. The number of sulfonamides is 1. The highest BCUT2D eigenvalue weighted by atomic mass is 35.5. The Hall–Kier alpha value is -2.74. The Kier molecular flexibility index (Phi) is 7.43. The molecule has 3 aromatic carbocycles. The Morgan fingerprint density at radius 3 is 2.39 bits per heavy atom. The molecule has 0 atom stereocenters. The monoisotopic (exact) mass is 478 g/mol. The number of hydrogen-bond donors (Lipinski definition) is 2. The minimum Gasteiger partial charge on any atom is -0.482 e. The summed E-state index contributed by atoms with van der Waals surface area (Å²) in [5.74, 6) is -0.0854. The molecule has 0 aliphatic rings. The lowest BCUT2D eigenvalue weighted by Crippen LogP contribution is -2.20.